The van der Waals surface area contributed by atoms with Gasteiger partial charge < -0.3 is 4.79 Å². The molecule has 0 aliphatic rings. The van der Waals surface area contributed by atoms with Crippen LogP contribution in [0.1, 0.15) is 59.8 Å². The fraction of sp³-hybridized carbons (Fsp3) is 0.706. The Bertz CT molecular complexity index is 292. The standard InChI is InChI=1S/C17H32OSi/c1-6-10-11-12-13-14-15-16(5)17(18)19(7-2,8-3)9-4/h13-14H,5-12,15H2,1-4H3/b14-13+. The Balaban J connectivity index is 4.30. The second kappa shape index (κ2) is 10.2. The van der Waals surface area contributed by atoms with E-state index < -0.39 is 8.07 Å². The van der Waals surface area contributed by atoms with Gasteiger partial charge in [0.05, 0.1) is 0 Å². The highest BCUT2D eigenvalue weighted by atomic mass is 28.3. The summed E-state index contributed by atoms with van der Waals surface area (Å²) in [7, 11) is -1.74. The van der Waals surface area contributed by atoms with E-state index in [1.54, 1.807) is 0 Å². The number of hydrogen-bond acceptors (Lipinski definition) is 1. The fourth-order valence-corrected chi connectivity index (χ4v) is 5.87. The maximum atomic E-state index is 12.6. The molecule has 1 nitrogen and oxygen atoms in total. The van der Waals surface area contributed by atoms with Crippen molar-refractivity contribution in [3.8, 4) is 0 Å². The Hall–Kier alpha value is -0.633. The van der Waals surface area contributed by atoms with E-state index in [1.807, 2.05) is 0 Å². The van der Waals surface area contributed by atoms with Crippen molar-refractivity contribution in [3.63, 3.8) is 0 Å². The summed E-state index contributed by atoms with van der Waals surface area (Å²) in [6, 6.07) is 3.16. The van der Waals surface area contributed by atoms with E-state index in [-0.39, 0.29) is 0 Å². The van der Waals surface area contributed by atoms with E-state index in [1.165, 1.54) is 19.3 Å². The van der Waals surface area contributed by atoms with Crippen LogP contribution in [0.2, 0.25) is 18.1 Å². The summed E-state index contributed by atoms with van der Waals surface area (Å²) < 4.78 is 0. The van der Waals surface area contributed by atoms with Crippen molar-refractivity contribution in [2.45, 2.75) is 77.9 Å². The zero-order chi connectivity index (χ0) is 14.7. The molecule has 0 radical (unpaired) electrons. The average molecular weight is 281 g/mol. The van der Waals surface area contributed by atoms with E-state index in [2.05, 4.69) is 46.4 Å². The van der Waals surface area contributed by atoms with Crippen LogP contribution in [0.15, 0.2) is 24.3 Å². The number of unbranched alkanes of at least 4 members (excludes halogenated alkanes) is 3. The Morgan fingerprint density at radius 2 is 1.58 bits per heavy atom. The maximum absolute atomic E-state index is 12.6. The first-order valence-electron chi connectivity index (χ1n) is 7.95. The average Bonchev–Trinajstić information content (AvgIpc) is 2.44. The Morgan fingerprint density at radius 1 is 1.00 bits per heavy atom. The lowest BCUT2D eigenvalue weighted by Gasteiger charge is -2.26. The lowest BCUT2D eigenvalue weighted by atomic mass is 10.1. The first-order valence-corrected chi connectivity index (χ1v) is 10.6. The maximum Gasteiger partial charge on any atom is 0.138 e. The first kappa shape index (κ1) is 18.4. The van der Waals surface area contributed by atoms with Gasteiger partial charge in [0.1, 0.15) is 13.5 Å². The number of rotatable bonds is 11. The van der Waals surface area contributed by atoms with Crippen LogP contribution in [-0.2, 0) is 4.79 Å². The molecule has 0 rings (SSSR count). The van der Waals surface area contributed by atoms with Crippen molar-refractivity contribution in [2.24, 2.45) is 0 Å². The van der Waals surface area contributed by atoms with Crippen molar-refractivity contribution < 1.29 is 4.79 Å². The summed E-state index contributed by atoms with van der Waals surface area (Å²) in [5.41, 5.74) is 0.837. The number of hydrogen-bond donors (Lipinski definition) is 0. The minimum absolute atomic E-state index is 0.415. The van der Waals surface area contributed by atoms with E-state index in [0.29, 0.717) is 5.41 Å². The molecule has 0 fully saturated rings. The minimum atomic E-state index is -1.74. The van der Waals surface area contributed by atoms with Crippen molar-refractivity contribution in [3.05, 3.63) is 24.3 Å². The number of allylic oxidation sites excluding steroid dienone is 3. The summed E-state index contributed by atoms with van der Waals surface area (Å²) >= 11 is 0. The van der Waals surface area contributed by atoms with Gasteiger partial charge in [0.15, 0.2) is 0 Å². The summed E-state index contributed by atoms with van der Waals surface area (Å²) in [5, 5.41) is 0.415. The van der Waals surface area contributed by atoms with Gasteiger partial charge in [-0.1, -0.05) is 77.4 Å². The topological polar surface area (TPSA) is 17.1 Å². The van der Waals surface area contributed by atoms with Crippen LogP contribution >= 0.6 is 0 Å². The van der Waals surface area contributed by atoms with Crippen LogP contribution in [0, 0.1) is 0 Å². The summed E-state index contributed by atoms with van der Waals surface area (Å²) in [5.74, 6) is 0. The molecule has 19 heavy (non-hydrogen) atoms. The van der Waals surface area contributed by atoms with Crippen molar-refractivity contribution in [1.82, 2.24) is 0 Å². The second-order valence-electron chi connectivity index (χ2n) is 5.44. The van der Waals surface area contributed by atoms with Gasteiger partial charge in [-0.2, -0.15) is 0 Å². The van der Waals surface area contributed by atoms with Gasteiger partial charge in [0.2, 0.25) is 0 Å². The van der Waals surface area contributed by atoms with Gasteiger partial charge in [0, 0.05) is 0 Å². The number of carbonyl (C=O) groups excluding carboxylic acids is 1. The molecule has 0 aromatic heterocycles. The Labute approximate surface area is 121 Å². The van der Waals surface area contributed by atoms with Crippen molar-refractivity contribution in [1.29, 1.82) is 0 Å². The predicted molar refractivity (Wildman–Crippen MR) is 89.2 cm³/mol. The monoisotopic (exact) mass is 280 g/mol. The highest BCUT2D eigenvalue weighted by Crippen LogP contribution is 2.25. The third kappa shape index (κ3) is 5.90. The van der Waals surface area contributed by atoms with Crippen LogP contribution < -0.4 is 0 Å². The third-order valence-corrected chi connectivity index (χ3v) is 9.72. The molecule has 0 aliphatic carbocycles. The van der Waals surface area contributed by atoms with E-state index in [0.717, 1.165) is 36.5 Å². The minimum Gasteiger partial charge on any atom is -0.300 e. The Morgan fingerprint density at radius 3 is 2.05 bits per heavy atom. The van der Waals surface area contributed by atoms with Crippen LogP contribution in [0.3, 0.4) is 0 Å². The largest absolute Gasteiger partial charge is 0.300 e. The molecule has 0 heterocycles. The fourth-order valence-electron chi connectivity index (χ4n) is 2.56. The van der Waals surface area contributed by atoms with Crippen molar-refractivity contribution >= 4 is 13.5 Å². The molecule has 0 saturated heterocycles. The van der Waals surface area contributed by atoms with Crippen LogP contribution in [0.4, 0.5) is 0 Å². The quantitative estimate of drug-likeness (QED) is 0.206. The molecule has 2 heteroatoms. The molecular weight excluding hydrogens is 248 g/mol. The van der Waals surface area contributed by atoms with Gasteiger partial charge in [-0.25, -0.2) is 0 Å². The summed E-state index contributed by atoms with van der Waals surface area (Å²) in [4.78, 5) is 12.6. The van der Waals surface area contributed by atoms with Crippen LogP contribution in [-0.4, -0.2) is 13.5 Å². The van der Waals surface area contributed by atoms with E-state index in [4.69, 9.17) is 0 Å². The molecule has 0 spiro atoms. The molecule has 0 aromatic rings. The molecular formula is C17H32OSi. The highest BCUT2D eigenvalue weighted by molar-refractivity contribution is 7.07. The zero-order valence-corrected chi connectivity index (χ0v) is 14.4. The van der Waals surface area contributed by atoms with Gasteiger partial charge in [-0.15, -0.1) is 0 Å². The lowest BCUT2D eigenvalue weighted by molar-refractivity contribution is -0.109. The van der Waals surface area contributed by atoms with Gasteiger partial charge in [-0.05, 0) is 24.8 Å². The number of carbonyl (C=O) groups is 1. The predicted octanol–water partition coefficient (Wildman–Crippen LogP) is 5.69. The molecule has 0 N–H and O–H groups in total. The highest BCUT2D eigenvalue weighted by Gasteiger charge is 2.36. The first-order chi connectivity index (χ1) is 9.07. The van der Waals surface area contributed by atoms with Gasteiger partial charge >= 0.3 is 0 Å². The molecule has 0 atom stereocenters. The van der Waals surface area contributed by atoms with E-state index >= 15 is 0 Å². The second-order valence-corrected chi connectivity index (χ2v) is 10.6. The third-order valence-electron chi connectivity index (χ3n) is 4.34. The smallest absolute Gasteiger partial charge is 0.138 e. The molecule has 0 aromatic carbocycles. The van der Waals surface area contributed by atoms with Gasteiger partial charge in [0.25, 0.3) is 0 Å². The molecule has 0 bridgehead atoms. The summed E-state index contributed by atoms with van der Waals surface area (Å²) in [6.45, 7) is 12.8. The SMILES string of the molecule is C=C(C/C=C/CCCCC)C(=O)[Si](CC)(CC)CC. The van der Waals surface area contributed by atoms with E-state index in [9.17, 15) is 4.79 Å². The molecule has 0 amide bonds. The van der Waals surface area contributed by atoms with Crippen molar-refractivity contribution in [2.75, 3.05) is 0 Å². The van der Waals surface area contributed by atoms with Crippen LogP contribution in [0.5, 0.6) is 0 Å². The molecule has 0 saturated carbocycles. The molecule has 110 valence electrons. The molecule has 0 unspecified atom stereocenters. The lowest BCUT2D eigenvalue weighted by Crippen LogP contribution is -2.42. The summed E-state index contributed by atoms with van der Waals surface area (Å²) in [6.07, 6.45) is 10.0. The Kier molecular flexibility index (Phi) is 9.85. The zero-order valence-electron chi connectivity index (χ0n) is 13.4. The van der Waals surface area contributed by atoms with Crippen LogP contribution in [0.25, 0.3) is 0 Å². The molecule has 0 aliphatic heterocycles. The van der Waals surface area contributed by atoms with Gasteiger partial charge in [-0.3, -0.25) is 0 Å². The normalized spacial score (nSPS) is 12.0.